The molecule has 0 radical (unpaired) electrons. The van der Waals surface area contributed by atoms with E-state index in [-0.39, 0.29) is 0 Å². The van der Waals surface area contributed by atoms with Crippen molar-refractivity contribution < 1.29 is 5.11 Å². The van der Waals surface area contributed by atoms with Gasteiger partial charge in [-0.3, -0.25) is 4.68 Å². The molecule has 0 spiro atoms. The minimum atomic E-state index is -0.640. The van der Waals surface area contributed by atoms with E-state index in [0.29, 0.717) is 5.92 Å². The summed E-state index contributed by atoms with van der Waals surface area (Å²) in [6, 6.07) is 11.9. The van der Waals surface area contributed by atoms with Gasteiger partial charge in [-0.15, -0.1) is 0 Å². The zero-order valence-electron chi connectivity index (χ0n) is 13.4. The fraction of sp³-hybridized carbons (Fsp3) is 0.500. The Morgan fingerprint density at radius 2 is 1.91 bits per heavy atom. The smallest absolute Gasteiger partial charge is 0.123 e. The normalized spacial score (nSPS) is 18.5. The lowest BCUT2D eigenvalue weighted by Crippen LogP contribution is -2.30. The van der Waals surface area contributed by atoms with Gasteiger partial charge in [-0.25, -0.2) is 0 Å². The van der Waals surface area contributed by atoms with Crippen molar-refractivity contribution in [3.63, 3.8) is 0 Å². The van der Waals surface area contributed by atoms with Gasteiger partial charge >= 0.3 is 0 Å². The van der Waals surface area contributed by atoms with E-state index in [2.05, 4.69) is 34.7 Å². The van der Waals surface area contributed by atoms with E-state index in [0.717, 1.165) is 30.9 Å². The van der Waals surface area contributed by atoms with Gasteiger partial charge in [0.2, 0.25) is 0 Å². The van der Waals surface area contributed by atoms with E-state index in [4.69, 9.17) is 0 Å². The average Bonchev–Trinajstić information content (AvgIpc) is 3.00. The largest absolute Gasteiger partial charge is 0.382 e. The Kier molecular flexibility index (Phi) is 4.60. The molecule has 0 bridgehead atoms. The Labute approximate surface area is 132 Å². The lowest BCUT2D eigenvalue weighted by molar-refractivity contribution is 0.214. The van der Waals surface area contributed by atoms with Crippen molar-refractivity contribution in [1.82, 2.24) is 14.7 Å². The molecule has 4 nitrogen and oxygen atoms in total. The predicted molar refractivity (Wildman–Crippen MR) is 87.9 cm³/mol. The molecule has 1 N–H and O–H groups in total. The Bertz CT molecular complexity index is 600. The molecule has 1 unspecified atom stereocenters. The maximum Gasteiger partial charge on any atom is 0.123 e. The number of aryl methyl sites for hydroxylation is 1. The summed E-state index contributed by atoms with van der Waals surface area (Å²) in [5.41, 5.74) is 2.95. The molecule has 1 aliphatic rings. The minimum Gasteiger partial charge on any atom is -0.382 e. The van der Waals surface area contributed by atoms with Crippen LogP contribution in [0, 0.1) is 0 Å². The average molecular weight is 299 g/mol. The molecule has 1 aliphatic heterocycles. The van der Waals surface area contributed by atoms with Crippen molar-refractivity contribution >= 4 is 0 Å². The summed E-state index contributed by atoms with van der Waals surface area (Å²) in [6.07, 6.45) is 1.70. The fourth-order valence-electron chi connectivity index (χ4n) is 3.28. The van der Waals surface area contributed by atoms with Gasteiger partial charge in [0.1, 0.15) is 6.10 Å². The van der Waals surface area contributed by atoms with E-state index in [9.17, 15) is 5.11 Å². The molecule has 0 saturated carbocycles. The van der Waals surface area contributed by atoms with Gasteiger partial charge in [0.25, 0.3) is 0 Å². The van der Waals surface area contributed by atoms with Crippen LogP contribution in [0.15, 0.2) is 36.4 Å². The number of likely N-dealkylation sites (tertiary alicyclic amines) is 1. The number of aliphatic hydroxyl groups is 1. The number of nitrogens with zero attached hydrogens (tertiary/aromatic N) is 3. The molecular weight excluding hydrogens is 274 g/mol. The molecule has 22 heavy (non-hydrogen) atoms. The summed E-state index contributed by atoms with van der Waals surface area (Å²) < 4.78 is 2.07. The first-order valence-electron chi connectivity index (χ1n) is 8.18. The number of rotatable bonds is 4. The van der Waals surface area contributed by atoms with Crippen LogP contribution >= 0.6 is 0 Å². The van der Waals surface area contributed by atoms with Crippen molar-refractivity contribution in [2.24, 2.45) is 0 Å². The van der Waals surface area contributed by atoms with Crippen LogP contribution in [0.1, 0.15) is 48.7 Å². The Morgan fingerprint density at radius 1 is 1.23 bits per heavy atom. The molecule has 118 valence electrons. The highest BCUT2D eigenvalue weighted by molar-refractivity contribution is 5.27. The Balaban J connectivity index is 1.85. The summed E-state index contributed by atoms with van der Waals surface area (Å²) in [5.74, 6) is 0.556. The van der Waals surface area contributed by atoms with Crippen molar-refractivity contribution in [1.29, 1.82) is 0 Å². The standard InChI is InChI=1S/C18H25N3O/c1-3-21-17(14-9-11-20(2)12-10-14)13-16(19-21)18(22)15-7-5-4-6-8-15/h4-8,13-14,18,22H,3,9-12H2,1-2H3. The summed E-state index contributed by atoms with van der Waals surface area (Å²) in [6.45, 7) is 5.24. The third-order valence-corrected chi connectivity index (χ3v) is 4.66. The highest BCUT2D eigenvalue weighted by Crippen LogP contribution is 2.30. The second-order valence-corrected chi connectivity index (χ2v) is 6.20. The molecule has 1 aromatic heterocycles. The molecule has 2 aromatic rings. The van der Waals surface area contributed by atoms with Crippen LogP contribution < -0.4 is 0 Å². The molecule has 4 heteroatoms. The minimum absolute atomic E-state index is 0.556. The van der Waals surface area contributed by atoms with Gasteiger partial charge < -0.3 is 10.0 Å². The van der Waals surface area contributed by atoms with Crippen LogP contribution in [-0.4, -0.2) is 39.9 Å². The Morgan fingerprint density at radius 3 is 2.55 bits per heavy atom. The maximum absolute atomic E-state index is 10.6. The highest BCUT2D eigenvalue weighted by atomic mass is 16.3. The number of hydrogen-bond donors (Lipinski definition) is 1. The van der Waals surface area contributed by atoms with Gasteiger partial charge in [0.15, 0.2) is 0 Å². The quantitative estimate of drug-likeness (QED) is 0.944. The summed E-state index contributed by atoms with van der Waals surface area (Å²) >= 11 is 0. The molecule has 1 aromatic carbocycles. The van der Waals surface area contributed by atoms with Crippen LogP contribution in [0.5, 0.6) is 0 Å². The molecule has 0 aliphatic carbocycles. The summed E-state index contributed by atoms with van der Waals surface area (Å²) in [5, 5.41) is 15.2. The number of piperidine rings is 1. The lowest BCUT2D eigenvalue weighted by Gasteiger charge is -2.29. The van der Waals surface area contributed by atoms with Crippen molar-refractivity contribution in [3.8, 4) is 0 Å². The van der Waals surface area contributed by atoms with Gasteiger partial charge in [0.05, 0.1) is 5.69 Å². The zero-order valence-corrected chi connectivity index (χ0v) is 13.4. The number of aromatic nitrogens is 2. The van der Waals surface area contributed by atoms with Gasteiger partial charge in [-0.2, -0.15) is 5.10 Å². The summed E-state index contributed by atoms with van der Waals surface area (Å²) in [4.78, 5) is 2.38. The number of aliphatic hydroxyl groups excluding tert-OH is 1. The van der Waals surface area contributed by atoms with Crippen LogP contribution in [0.2, 0.25) is 0 Å². The predicted octanol–water partition coefficient (Wildman–Crippen LogP) is 2.79. The molecule has 1 atom stereocenters. The number of benzene rings is 1. The van der Waals surface area contributed by atoms with Crippen LogP contribution in [0.3, 0.4) is 0 Å². The third-order valence-electron chi connectivity index (χ3n) is 4.66. The van der Waals surface area contributed by atoms with E-state index in [1.54, 1.807) is 0 Å². The second kappa shape index (κ2) is 6.63. The first-order valence-corrected chi connectivity index (χ1v) is 8.18. The molecule has 2 heterocycles. The van der Waals surface area contributed by atoms with Crippen molar-refractivity contribution in [2.45, 2.75) is 38.3 Å². The van der Waals surface area contributed by atoms with Crippen molar-refractivity contribution in [3.05, 3.63) is 53.3 Å². The molecule has 1 saturated heterocycles. The van der Waals surface area contributed by atoms with Gasteiger partial charge in [-0.1, -0.05) is 30.3 Å². The lowest BCUT2D eigenvalue weighted by atomic mass is 9.93. The topological polar surface area (TPSA) is 41.3 Å². The third kappa shape index (κ3) is 3.08. The first kappa shape index (κ1) is 15.3. The van der Waals surface area contributed by atoms with E-state index in [1.807, 2.05) is 30.3 Å². The van der Waals surface area contributed by atoms with E-state index in [1.165, 1.54) is 18.5 Å². The fourth-order valence-corrected chi connectivity index (χ4v) is 3.28. The monoisotopic (exact) mass is 299 g/mol. The second-order valence-electron chi connectivity index (χ2n) is 6.20. The maximum atomic E-state index is 10.6. The first-order chi connectivity index (χ1) is 10.7. The number of hydrogen-bond acceptors (Lipinski definition) is 3. The van der Waals surface area contributed by atoms with Crippen molar-refractivity contribution in [2.75, 3.05) is 20.1 Å². The van der Waals surface area contributed by atoms with Gasteiger partial charge in [-0.05, 0) is 51.5 Å². The SMILES string of the molecule is CCn1nc(C(O)c2ccccc2)cc1C1CCN(C)CC1. The zero-order chi connectivity index (χ0) is 15.5. The molecule has 1 fully saturated rings. The summed E-state index contributed by atoms with van der Waals surface area (Å²) in [7, 11) is 2.18. The van der Waals surface area contributed by atoms with Crippen LogP contribution in [0.4, 0.5) is 0 Å². The molecule has 0 amide bonds. The van der Waals surface area contributed by atoms with Gasteiger partial charge in [0, 0.05) is 18.2 Å². The van der Waals surface area contributed by atoms with Crippen LogP contribution in [0.25, 0.3) is 0 Å². The molecular formula is C18H25N3O. The highest BCUT2D eigenvalue weighted by Gasteiger charge is 2.24. The van der Waals surface area contributed by atoms with E-state index >= 15 is 0 Å². The van der Waals surface area contributed by atoms with E-state index < -0.39 is 6.10 Å². The van der Waals surface area contributed by atoms with Crippen LogP contribution in [-0.2, 0) is 6.54 Å². The Hall–Kier alpha value is -1.65. The molecule has 3 rings (SSSR count).